The van der Waals surface area contributed by atoms with E-state index in [-0.39, 0.29) is 0 Å². The van der Waals surface area contributed by atoms with Gasteiger partial charge in [-0.3, -0.25) is 0 Å². The first-order valence-corrected chi connectivity index (χ1v) is 6.83. The van der Waals surface area contributed by atoms with Gasteiger partial charge in [-0.2, -0.15) is 0 Å². The van der Waals surface area contributed by atoms with Crippen molar-refractivity contribution in [3.8, 4) is 5.75 Å². The van der Waals surface area contributed by atoms with Crippen molar-refractivity contribution < 1.29 is 19.5 Å². The van der Waals surface area contributed by atoms with Crippen LogP contribution >= 0.6 is 0 Å². The fourth-order valence-corrected chi connectivity index (χ4v) is 1.84. The average Bonchev–Trinajstić information content (AvgIpc) is 2.40. The van der Waals surface area contributed by atoms with Gasteiger partial charge in [0, 0.05) is 7.11 Å². The maximum absolute atomic E-state index is 5.76. The van der Waals surface area contributed by atoms with Crippen molar-refractivity contribution in [3.63, 3.8) is 0 Å². The molecule has 0 saturated carbocycles. The van der Waals surface area contributed by atoms with Crippen molar-refractivity contribution in [2.75, 3.05) is 46.6 Å². The van der Waals surface area contributed by atoms with Gasteiger partial charge >= 0.3 is 0 Å². The zero-order valence-electron chi connectivity index (χ0n) is 12.3. The third-order valence-electron chi connectivity index (χ3n) is 2.88. The number of rotatable bonds is 10. The molecule has 0 heterocycles. The minimum Gasteiger partial charge on any atom is -0.491 e. The first kappa shape index (κ1) is 16.0. The molecule has 0 radical (unpaired) electrons. The summed E-state index contributed by atoms with van der Waals surface area (Å²) in [5.74, 6) is 0.984. The van der Waals surface area contributed by atoms with E-state index < -0.39 is 0 Å². The summed E-state index contributed by atoms with van der Waals surface area (Å²) >= 11 is 0. The highest BCUT2D eigenvalue weighted by Gasteiger charge is 2.02. The lowest BCUT2D eigenvalue weighted by Gasteiger charge is -2.11. The van der Waals surface area contributed by atoms with Crippen molar-refractivity contribution in [3.05, 3.63) is 29.3 Å². The SMILES string of the molecule is COCC[NH2+]CCOCCOc1c(C)cccc1C. The zero-order valence-corrected chi connectivity index (χ0v) is 12.3. The lowest BCUT2D eigenvalue weighted by Crippen LogP contribution is -2.86. The molecule has 0 aliphatic heterocycles. The third kappa shape index (κ3) is 6.57. The van der Waals surface area contributed by atoms with Crippen LogP contribution in [0.4, 0.5) is 0 Å². The standard InChI is InChI=1S/C15H25NO3/c1-13-5-4-6-14(2)15(13)19-12-11-18-10-8-16-7-9-17-3/h4-6,16H,7-12H2,1-3H3/p+1. The Hall–Kier alpha value is -1.10. The molecule has 1 aromatic rings. The van der Waals surface area contributed by atoms with Crippen LogP contribution in [0.15, 0.2) is 18.2 Å². The molecular formula is C15H26NO3+. The van der Waals surface area contributed by atoms with Crippen LogP contribution in [-0.4, -0.2) is 46.6 Å². The van der Waals surface area contributed by atoms with Gasteiger partial charge in [0.1, 0.15) is 12.4 Å². The van der Waals surface area contributed by atoms with Gasteiger partial charge in [-0.25, -0.2) is 0 Å². The summed E-state index contributed by atoms with van der Waals surface area (Å²) in [4.78, 5) is 0. The summed E-state index contributed by atoms with van der Waals surface area (Å²) in [6, 6.07) is 6.17. The van der Waals surface area contributed by atoms with E-state index in [2.05, 4.69) is 31.3 Å². The smallest absolute Gasteiger partial charge is 0.125 e. The van der Waals surface area contributed by atoms with Crippen LogP contribution in [0.5, 0.6) is 5.75 Å². The fraction of sp³-hybridized carbons (Fsp3) is 0.600. The lowest BCUT2D eigenvalue weighted by molar-refractivity contribution is -0.657. The summed E-state index contributed by atoms with van der Waals surface area (Å²) in [5, 5.41) is 2.19. The second kappa shape index (κ2) is 9.78. The molecule has 1 aromatic carbocycles. The van der Waals surface area contributed by atoms with E-state index in [1.165, 1.54) is 11.1 Å². The molecule has 0 spiro atoms. The second-order valence-corrected chi connectivity index (χ2v) is 4.54. The Bertz CT molecular complexity index is 335. The van der Waals surface area contributed by atoms with E-state index in [9.17, 15) is 0 Å². The van der Waals surface area contributed by atoms with Gasteiger partial charge < -0.3 is 19.5 Å². The summed E-state index contributed by atoms with van der Waals surface area (Å²) < 4.78 is 16.2. The van der Waals surface area contributed by atoms with Gasteiger partial charge in [-0.1, -0.05) is 18.2 Å². The van der Waals surface area contributed by atoms with Gasteiger partial charge in [-0.15, -0.1) is 0 Å². The number of hydrogen-bond acceptors (Lipinski definition) is 3. The highest BCUT2D eigenvalue weighted by molar-refractivity contribution is 5.39. The number of methoxy groups -OCH3 is 1. The van der Waals surface area contributed by atoms with Crippen molar-refractivity contribution in [1.29, 1.82) is 0 Å². The van der Waals surface area contributed by atoms with E-state index >= 15 is 0 Å². The van der Waals surface area contributed by atoms with E-state index in [1.807, 2.05) is 6.07 Å². The van der Waals surface area contributed by atoms with Gasteiger partial charge in [-0.05, 0) is 25.0 Å². The van der Waals surface area contributed by atoms with Crippen LogP contribution in [0, 0.1) is 13.8 Å². The molecule has 0 amide bonds. The summed E-state index contributed by atoms with van der Waals surface area (Å²) in [6.07, 6.45) is 0. The van der Waals surface area contributed by atoms with Crippen LogP contribution in [0.3, 0.4) is 0 Å². The molecule has 0 aromatic heterocycles. The Morgan fingerprint density at radius 1 is 0.947 bits per heavy atom. The number of para-hydroxylation sites is 1. The van der Waals surface area contributed by atoms with E-state index in [4.69, 9.17) is 14.2 Å². The second-order valence-electron chi connectivity index (χ2n) is 4.54. The van der Waals surface area contributed by atoms with Gasteiger partial charge in [0.05, 0.1) is 32.9 Å². The zero-order chi connectivity index (χ0) is 13.9. The first-order chi connectivity index (χ1) is 9.25. The molecule has 0 aliphatic carbocycles. The predicted molar refractivity (Wildman–Crippen MR) is 75.8 cm³/mol. The minimum atomic E-state index is 0.601. The van der Waals surface area contributed by atoms with Crippen LogP contribution < -0.4 is 10.1 Å². The van der Waals surface area contributed by atoms with Gasteiger partial charge in [0.15, 0.2) is 0 Å². The highest BCUT2D eigenvalue weighted by atomic mass is 16.5. The highest BCUT2D eigenvalue weighted by Crippen LogP contribution is 2.21. The molecule has 0 unspecified atom stereocenters. The molecule has 0 aliphatic rings. The molecule has 1 rings (SSSR count). The number of aryl methyl sites for hydroxylation is 2. The Labute approximate surface area is 116 Å². The molecule has 4 heteroatoms. The van der Waals surface area contributed by atoms with Crippen molar-refractivity contribution in [1.82, 2.24) is 0 Å². The van der Waals surface area contributed by atoms with Crippen LogP contribution in [0.1, 0.15) is 11.1 Å². The van der Waals surface area contributed by atoms with Gasteiger partial charge in [0.25, 0.3) is 0 Å². The average molecular weight is 268 g/mol. The maximum Gasteiger partial charge on any atom is 0.125 e. The van der Waals surface area contributed by atoms with Crippen molar-refractivity contribution >= 4 is 0 Å². The number of benzene rings is 1. The van der Waals surface area contributed by atoms with Crippen LogP contribution in [0.25, 0.3) is 0 Å². The van der Waals surface area contributed by atoms with Gasteiger partial charge in [0.2, 0.25) is 0 Å². The van der Waals surface area contributed by atoms with E-state index in [0.29, 0.717) is 13.2 Å². The molecule has 108 valence electrons. The largest absolute Gasteiger partial charge is 0.491 e. The minimum absolute atomic E-state index is 0.601. The Morgan fingerprint density at radius 2 is 1.63 bits per heavy atom. The van der Waals surface area contributed by atoms with Crippen molar-refractivity contribution in [2.24, 2.45) is 0 Å². The van der Waals surface area contributed by atoms with Crippen LogP contribution in [0.2, 0.25) is 0 Å². The third-order valence-corrected chi connectivity index (χ3v) is 2.88. The quantitative estimate of drug-likeness (QED) is 0.642. The molecule has 0 fully saturated rings. The number of nitrogens with two attached hydrogens (primary N) is 1. The Kier molecular flexibility index (Phi) is 8.21. The van der Waals surface area contributed by atoms with E-state index in [0.717, 1.165) is 32.1 Å². The number of ether oxygens (including phenoxy) is 3. The summed E-state index contributed by atoms with van der Waals surface area (Å²) in [6.45, 7) is 8.85. The first-order valence-electron chi connectivity index (χ1n) is 6.83. The topological polar surface area (TPSA) is 44.3 Å². The molecule has 19 heavy (non-hydrogen) atoms. The summed E-state index contributed by atoms with van der Waals surface area (Å²) in [7, 11) is 1.72. The van der Waals surface area contributed by atoms with E-state index in [1.54, 1.807) is 7.11 Å². The van der Waals surface area contributed by atoms with Crippen LogP contribution in [-0.2, 0) is 9.47 Å². The molecular weight excluding hydrogens is 242 g/mol. The Morgan fingerprint density at radius 3 is 2.32 bits per heavy atom. The van der Waals surface area contributed by atoms with Crippen molar-refractivity contribution in [2.45, 2.75) is 13.8 Å². The monoisotopic (exact) mass is 268 g/mol. The molecule has 2 N–H and O–H groups in total. The predicted octanol–water partition coefficient (Wildman–Crippen LogP) is 0.909. The molecule has 0 atom stereocenters. The molecule has 0 bridgehead atoms. The molecule has 4 nitrogen and oxygen atoms in total. The number of hydrogen-bond donors (Lipinski definition) is 1. The Balaban J connectivity index is 2.05. The maximum atomic E-state index is 5.76. The summed E-state index contributed by atoms with van der Waals surface area (Å²) in [5.41, 5.74) is 2.35. The fourth-order valence-electron chi connectivity index (χ4n) is 1.84. The lowest BCUT2D eigenvalue weighted by atomic mass is 10.1. The normalized spacial score (nSPS) is 10.7. The number of quaternary nitrogens is 1. The molecule has 0 saturated heterocycles.